The second-order valence-electron chi connectivity index (χ2n) is 5.54. The minimum Gasteiger partial charge on any atom is -0.497 e. The molecule has 0 saturated carbocycles. The normalized spacial score (nSPS) is 11.7. The van der Waals surface area contributed by atoms with Gasteiger partial charge in [0.1, 0.15) is 11.5 Å². The molecule has 3 aromatic rings. The molecule has 0 aliphatic rings. The number of aromatic nitrogens is 1. The Hall–Kier alpha value is -2.60. The molecule has 0 saturated heterocycles. The van der Waals surface area contributed by atoms with Gasteiger partial charge in [-0.15, -0.1) is 0 Å². The van der Waals surface area contributed by atoms with Crippen LogP contribution in [0, 0.1) is 0 Å². The van der Waals surface area contributed by atoms with Crippen LogP contribution in [0.1, 0.15) is 12.5 Å². The lowest BCUT2D eigenvalue weighted by molar-refractivity contribution is -0.117. The van der Waals surface area contributed by atoms with Crippen molar-refractivity contribution in [2.75, 3.05) is 13.7 Å². The Balaban J connectivity index is 1.83. The predicted octanol–water partition coefficient (Wildman–Crippen LogP) is 3.32. The molecule has 1 aromatic heterocycles. The molecule has 6 heteroatoms. The second-order valence-corrected chi connectivity index (χ2v) is 6.55. The van der Waals surface area contributed by atoms with Gasteiger partial charge < -0.3 is 14.0 Å². The van der Waals surface area contributed by atoms with E-state index in [1.165, 1.54) is 11.3 Å². The molecule has 2 aromatic carbocycles. The average molecular weight is 356 g/mol. The summed E-state index contributed by atoms with van der Waals surface area (Å²) in [4.78, 5) is 17.3. The standard InChI is InChI=1S/C19H20N2O3S/c1-4-24-14-7-5-13(6-8-14)11-18(22)20-19-21(2)16-10-9-15(23-3)12-17(16)25-19/h5-10,12H,4,11H2,1-3H3. The smallest absolute Gasteiger partial charge is 0.252 e. The molecule has 0 bridgehead atoms. The molecular formula is C19H20N2O3S. The zero-order valence-electron chi connectivity index (χ0n) is 14.5. The molecule has 0 atom stereocenters. The van der Waals surface area contributed by atoms with Gasteiger partial charge in [0.2, 0.25) is 0 Å². The van der Waals surface area contributed by atoms with Crippen LogP contribution in [0.25, 0.3) is 10.2 Å². The van der Waals surface area contributed by atoms with E-state index < -0.39 is 0 Å². The molecule has 0 aliphatic heterocycles. The summed E-state index contributed by atoms with van der Waals surface area (Å²) in [7, 11) is 3.55. The molecule has 0 spiro atoms. The van der Waals surface area contributed by atoms with E-state index in [-0.39, 0.29) is 12.3 Å². The van der Waals surface area contributed by atoms with Crippen LogP contribution in [-0.4, -0.2) is 24.2 Å². The minimum absolute atomic E-state index is 0.168. The molecule has 0 radical (unpaired) electrons. The van der Waals surface area contributed by atoms with Crippen molar-refractivity contribution in [1.29, 1.82) is 0 Å². The first-order valence-electron chi connectivity index (χ1n) is 8.03. The molecule has 130 valence electrons. The summed E-state index contributed by atoms with van der Waals surface area (Å²) < 4.78 is 13.6. The molecule has 3 rings (SSSR count). The Morgan fingerprint density at radius 2 is 1.88 bits per heavy atom. The zero-order chi connectivity index (χ0) is 17.8. The van der Waals surface area contributed by atoms with Crippen molar-refractivity contribution in [1.82, 2.24) is 4.57 Å². The number of rotatable bonds is 5. The lowest BCUT2D eigenvalue weighted by Crippen LogP contribution is -2.14. The van der Waals surface area contributed by atoms with Crippen molar-refractivity contribution in [3.8, 4) is 11.5 Å². The highest BCUT2D eigenvalue weighted by Gasteiger charge is 2.07. The second kappa shape index (κ2) is 7.53. The highest BCUT2D eigenvalue weighted by Crippen LogP contribution is 2.22. The molecule has 0 N–H and O–H groups in total. The number of amides is 1. The Kier molecular flexibility index (Phi) is 5.19. The summed E-state index contributed by atoms with van der Waals surface area (Å²) in [6.07, 6.45) is 0.268. The van der Waals surface area contributed by atoms with Gasteiger partial charge in [0.15, 0.2) is 4.80 Å². The summed E-state index contributed by atoms with van der Waals surface area (Å²) in [5.74, 6) is 1.43. The van der Waals surface area contributed by atoms with Gasteiger partial charge in [-0.25, -0.2) is 0 Å². The largest absolute Gasteiger partial charge is 0.497 e. The highest BCUT2D eigenvalue weighted by molar-refractivity contribution is 7.16. The van der Waals surface area contributed by atoms with Crippen LogP contribution >= 0.6 is 11.3 Å². The van der Waals surface area contributed by atoms with Crippen LogP contribution in [0.4, 0.5) is 0 Å². The number of nitrogens with zero attached hydrogens (tertiary/aromatic N) is 2. The van der Waals surface area contributed by atoms with Crippen molar-refractivity contribution in [2.45, 2.75) is 13.3 Å². The van der Waals surface area contributed by atoms with Gasteiger partial charge >= 0.3 is 0 Å². The third-order valence-corrected chi connectivity index (χ3v) is 4.92. The van der Waals surface area contributed by atoms with Crippen LogP contribution in [0.15, 0.2) is 47.5 Å². The maximum absolute atomic E-state index is 12.3. The van der Waals surface area contributed by atoms with Gasteiger partial charge in [-0.3, -0.25) is 4.79 Å². The van der Waals surface area contributed by atoms with E-state index in [9.17, 15) is 4.79 Å². The number of thiazole rings is 1. The summed E-state index contributed by atoms with van der Waals surface area (Å²) in [5, 5.41) is 0. The van der Waals surface area contributed by atoms with Gasteiger partial charge in [0, 0.05) is 7.05 Å². The molecule has 1 amide bonds. The fraction of sp³-hybridized carbons (Fsp3) is 0.263. The fourth-order valence-corrected chi connectivity index (χ4v) is 3.60. The van der Waals surface area contributed by atoms with E-state index in [4.69, 9.17) is 9.47 Å². The third kappa shape index (κ3) is 3.91. The lowest BCUT2D eigenvalue weighted by atomic mass is 10.1. The van der Waals surface area contributed by atoms with E-state index >= 15 is 0 Å². The highest BCUT2D eigenvalue weighted by atomic mass is 32.1. The Morgan fingerprint density at radius 1 is 1.16 bits per heavy atom. The Labute approximate surface area is 150 Å². The number of fused-ring (bicyclic) bond motifs is 1. The maximum Gasteiger partial charge on any atom is 0.252 e. The van der Waals surface area contributed by atoms with Crippen molar-refractivity contribution in [3.63, 3.8) is 0 Å². The molecule has 0 fully saturated rings. The summed E-state index contributed by atoms with van der Waals surface area (Å²) in [6, 6.07) is 13.4. The summed E-state index contributed by atoms with van der Waals surface area (Å²) in [6.45, 7) is 2.57. The number of hydrogen-bond donors (Lipinski definition) is 0. The number of ether oxygens (including phenoxy) is 2. The first-order chi connectivity index (χ1) is 12.1. The van der Waals surface area contributed by atoms with Gasteiger partial charge in [-0.2, -0.15) is 4.99 Å². The summed E-state index contributed by atoms with van der Waals surface area (Å²) in [5.41, 5.74) is 1.95. The first-order valence-corrected chi connectivity index (χ1v) is 8.85. The lowest BCUT2D eigenvalue weighted by Gasteiger charge is -2.03. The topological polar surface area (TPSA) is 52.8 Å². The quantitative estimate of drug-likeness (QED) is 0.705. The van der Waals surface area contributed by atoms with Gasteiger partial charge in [-0.1, -0.05) is 23.5 Å². The van der Waals surface area contributed by atoms with Gasteiger partial charge in [0.05, 0.1) is 30.4 Å². The fourth-order valence-electron chi connectivity index (χ4n) is 2.54. The minimum atomic E-state index is -0.168. The van der Waals surface area contributed by atoms with Gasteiger partial charge in [-0.05, 0) is 42.8 Å². The number of carbonyl (C=O) groups excluding carboxylic acids is 1. The first kappa shape index (κ1) is 17.2. The molecule has 25 heavy (non-hydrogen) atoms. The molecular weight excluding hydrogens is 336 g/mol. The molecule has 0 unspecified atom stereocenters. The van der Waals surface area contributed by atoms with Gasteiger partial charge in [0.25, 0.3) is 5.91 Å². The van der Waals surface area contributed by atoms with E-state index in [0.717, 1.165) is 27.3 Å². The predicted molar refractivity (Wildman–Crippen MR) is 99.2 cm³/mol. The molecule has 0 aliphatic carbocycles. The van der Waals surface area contributed by atoms with Crippen molar-refractivity contribution >= 4 is 27.5 Å². The maximum atomic E-state index is 12.3. The van der Waals surface area contributed by atoms with Crippen molar-refractivity contribution in [2.24, 2.45) is 12.0 Å². The Morgan fingerprint density at radius 3 is 2.56 bits per heavy atom. The van der Waals surface area contributed by atoms with Crippen LogP contribution < -0.4 is 14.3 Å². The molecule has 1 heterocycles. The zero-order valence-corrected chi connectivity index (χ0v) is 15.3. The number of hydrogen-bond acceptors (Lipinski definition) is 4. The van der Waals surface area contributed by atoms with Crippen LogP contribution in [0.3, 0.4) is 0 Å². The van der Waals surface area contributed by atoms with Crippen molar-refractivity contribution in [3.05, 3.63) is 52.8 Å². The van der Waals surface area contributed by atoms with E-state index in [2.05, 4.69) is 4.99 Å². The SMILES string of the molecule is CCOc1ccc(CC(=O)N=c2sc3cc(OC)ccc3n2C)cc1. The van der Waals surface area contributed by atoms with E-state index in [0.29, 0.717) is 11.4 Å². The van der Waals surface area contributed by atoms with Crippen LogP contribution in [0.5, 0.6) is 11.5 Å². The summed E-state index contributed by atoms with van der Waals surface area (Å²) >= 11 is 1.48. The Bertz CT molecular complexity index is 955. The van der Waals surface area contributed by atoms with E-state index in [1.54, 1.807) is 7.11 Å². The number of aryl methyl sites for hydroxylation is 1. The van der Waals surface area contributed by atoms with Crippen molar-refractivity contribution < 1.29 is 14.3 Å². The van der Waals surface area contributed by atoms with Crippen LogP contribution in [-0.2, 0) is 18.3 Å². The van der Waals surface area contributed by atoms with Crippen LogP contribution in [0.2, 0.25) is 0 Å². The van der Waals surface area contributed by atoms with E-state index in [1.807, 2.05) is 61.0 Å². The monoisotopic (exact) mass is 356 g/mol. The molecule has 5 nitrogen and oxygen atoms in total. The number of benzene rings is 2. The number of carbonyl (C=O) groups is 1. The number of methoxy groups -OCH3 is 1. The third-order valence-electron chi connectivity index (χ3n) is 3.83. The average Bonchev–Trinajstić information content (AvgIpc) is 2.92.